The Labute approximate surface area is 174 Å². The second-order valence-electron chi connectivity index (χ2n) is 10.3. The van der Waals surface area contributed by atoms with Crippen molar-refractivity contribution < 1.29 is 18.3 Å². The van der Waals surface area contributed by atoms with Crippen LogP contribution < -0.4 is 0 Å². The van der Waals surface area contributed by atoms with Crippen molar-refractivity contribution in [3.63, 3.8) is 0 Å². The fourth-order valence-electron chi connectivity index (χ4n) is 3.18. The lowest BCUT2D eigenvalue weighted by Gasteiger charge is -2.38. The zero-order valence-electron chi connectivity index (χ0n) is 18.8. The molecule has 2 atom stereocenters. The normalized spacial score (nSPS) is 20.5. The molecule has 1 aliphatic heterocycles. The Morgan fingerprint density at radius 3 is 2.34 bits per heavy atom. The number of carbonyl (C=O) groups excluding carboxylic acids is 1. The average molecular weight is 421 g/mol. The zero-order valence-corrected chi connectivity index (χ0v) is 19.8. The summed E-state index contributed by atoms with van der Waals surface area (Å²) in [6.07, 6.45) is -0.0751. The molecule has 0 bridgehead atoms. The predicted molar refractivity (Wildman–Crippen MR) is 113 cm³/mol. The fraction of sp³-hybridized carbons (Fsp3) is 0.636. The van der Waals surface area contributed by atoms with E-state index in [0.717, 1.165) is 0 Å². The van der Waals surface area contributed by atoms with Gasteiger partial charge in [-0.25, -0.2) is 9.18 Å². The molecule has 1 aliphatic rings. The third kappa shape index (κ3) is 5.80. The highest BCUT2D eigenvalue weighted by Crippen LogP contribution is 2.41. The Hall–Kier alpha value is -1.91. The molecule has 29 heavy (non-hydrogen) atoms. The first-order valence-electron chi connectivity index (χ1n) is 10.0. The molecule has 0 saturated carbocycles. The fourth-order valence-corrected chi connectivity index (χ4v) is 4.54. The van der Waals surface area contributed by atoms with E-state index in [2.05, 4.69) is 33.9 Å². The Morgan fingerprint density at radius 2 is 1.83 bits per heavy atom. The molecule has 2 rings (SSSR count). The highest BCUT2D eigenvalue weighted by molar-refractivity contribution is 6.74. The molecule has 0 aromatic heterocycles. The number of rotatable bonds is 3. The third-order valence-electron chi connectivity index (χ3n) is 5.59. The van der Waals surface area contributed by atoms with Gasteiger partial charge in [0.1, 0.15) is 11.4 Å². The topological polar surface area (TPSA) is 62.6 Å². The summed E-state index contributed by atoms with van der Waals surface area (Å²) < 4.78 is 26.2. The largest absolute Gasteiger partial charge is 0.444 e. The molecule has 0 radical (unpaired) electrons. The molecule has 5 nitrogen and oxygen atoms in total. The minimum absolute atomic E-state index is 0.0364. The Kier molecular flexibility index (Phi) is 6.51. The van der Waals surface area contributed by atoms with E-state index >= 15 is 0 Å². The van der Waals surface area contributed by atoms with E-state index in [9.17, 15) is 14.4 Å². The van der Waals surface area contributed by atoms with Crippen LogP contribution in [0, 0.1) is 17.1 Å². The maximum atomic E-state index is 14.1. The van der Waals surface area contributed by atoms with Gasteiger partial charge in [-0.15, -0.1) is 0 Å². The standard InChI is InChI=1S/C22H33FN2O3Si/c1-21(2,3)27-20(26)25-14-18(28-29(7,8)22(4,5)6)12-19(25)16-9-15(13-24)10-17(23)11-16/h9-11,18-19H,12,14H2,1-8H3. The van der Waals surface area contributed by atoms with Gasteiger partial charge in [0, 0.05) is 6.54 Å². The molecule has 1 heterocycles. The van der Waals surface area contributed by atoms with Gasteiger partial charge in [0.05, 0.1) is 23.8 Å². The smallest absolute Gasteiger partial charge is 0.410 e. The van der Waals surface area contributed by atoms with Crippen LogP contribution in [-0.4, -0.2) is 37.6 Å². The van der Waals surface area contributed by atoms with E-state index in [0.29, 0.717) is 18.5 Å². The quantitative estimate of drug-likeness (QED) is 0.582. The number of likely N-dealkylation sites (tertiary alicyclic amines) is 1. The molecular weight excluding hydrogens is 387 g/mol. The molecule has 1 amide bonds. The number of halogens is 1. The summed E-state index contributed by atoms with van der Waals surface area (Å²) in [5, 5.41) is 9.25. The Balaban J connectivity index is 2.36. The summed E-state index contributed by atoms with van der Waals surface area (Å²) in [5.74, 6) is -0.489. The van der Waals surface area contributed by atoms with Gasteiger partial charge < -0.3 is 9.16 Å². The minimum Gasteiger partial charge on any atom is -0.444 e. The molecule has 7 heteroatoms. The monoisotopic (exact) mass is 420 g/mol. The number of ether oxygens (including phenoxy) is 1. The third-order valence-corrected chi connectivity index (χ3v) is 10.1. The number of hydrogen-bond acceptors (Lipinski definition) is 4. The van der Waals surface area contributed by atoms with E-state index in [1.54, 1.807) is 11.0 Å². The lowest BCUT2D eigenvalue weighted by Crippen LogP contribution is -2.45. The van der Waals surface area contributed by atoms with Gasteiger partial charge in [-0.2, -0.15) is 5.26 Å². The first-order valence-corrected chi connectivity index (χ1v) is 12.9. The van der Waals surface area contributed by atoms with E-state index in [1.807, 2.05) is 26.8 Å². The van der Waals surface area contributed by atoms with Gasteiger partial charge in [0.2, 0.25) is 0 Å². The van der Waals surface area contributed by atoms with Crippen LogP contribution in [0.5, 0.6) is 0 Å². The van der Waals surface area contributed by atoms with E-state index in [-0.39, 0.29) is 16.7 Å². The lowest BCUT2D eigenvalue weighted by atomic mass is 10.0. The number of hydrogen-bond donors (Lipinski definition) is 0. The van der Waals surface area contributed by atoms with Crippen LogP contribution in [-0.2, 0) is 9.16 Å². The second kappa shape index (κ2) is 8.08. The molecule has 160 valence electrons. The van der Waals surface area contributed by atoms with Crippen molar-refractivity contribution in [3.05, 3.63) is 35.1 Å². The predicted octanol–water partition coefficient (Wildman–Crippen LogP) is 5.77. The van der Waals surface area contributed by atoms with Gasteiger partial charge in [-0.05, 0) is 69.1 Å². The molecule has 1 aromatic carbocycles. The van der Waals surface area contributed by atoms with Crippen molar-refractivity contribution in [3.8, 4) is 6.07 Å². The van der Waals surface area contributed by atoms with Gasteiger partial charge in [-0.3, -0.25) is 4.90 Å². The van der Waals surface area contributed by atoms with Crippen molar-refractivity contribution in [2.24, 2.45) is 0 Å². The van der Waals surface area contributed by atoms with Crippen LogP contribution >= 0.6 is 0 Å². The summed E-state index contributed by atoms with van der Waals surface area (Å²) in [4.78, 5) is 14.5. The summed E-state index contributed by atoms with van der Waals surface area (Å²) >= 11 is 0. The molecule has 0 aliphatic carbocycles. The Bertz CT molecular complexity index is 806. The van der Waals surface area contributed by atoms with Crippen LogP contribution in [0.1, 0.15) is 65.1 Å². The number of nitriles is 1. The van der Waals surface area contributed by atoms with Gasteiger partial charge in [-0.1, -0.05) is 20.8 Å². The zero-order chi connectivity index (χ0) is 22.2. The summed E-state index contributed by atoms with van der Waals surface area (Å²) in [6, 6.07) is 5.80. The summed E-state index contributed by atoms with van der Waals surface area (Å²) in [6.45, 7) is 16.7. The number of nitrogens with zero attached hydrogens (tertiary/aromatic N) is 2. The Morgan fingerprint density at radius 1 is 1.21 bits per heavy atom. The molecule has 0 N–H and O–H groups in total. The molecule has 1 fully saturated rings. The SMILES string of the molecule is CC(C)(C)OC(=O)N1CC(O[Si](C)(C)C(C)(C)C)CC1c1cc(F)cc(C#N)c1. The highest BCUT2D eigenvalue weighted by atomic mass is 28.4. The minimum atomic E-state index is -2.05. The van der Waals surface area contributed by atoms with Gasteiger partial charge in [0.25, 0.3) is 0 Å². The molecular formula is C22H33FN2O3Si. The summed E-state index contributed by atoms with van der Waals surface area (Å²) in [5.41, 5.74) is 0.186. The molecule has 0 spiro atoms. The second-order valence-corrected chi connectivity index (χ2v) is 15.0. The molecule has 1 aromatic rings. The number of benzene rings is 1. The average Bonchev–Trinajstić information content (AvgIpc) is 2.95. The van der Waals surface area contributed by atoms with E-state index in [4.69, 9.17) is 9.16 Å². The summed E-state index contributed by atoms with van der Waals surface area (Å²) in [7, 11) is -2.05. The van der Waals surface area contributed by atoms with E-state index < -0.39 is 31.9 Å². The van der Waals surface area contributed by atoms with Crippen LogP contribution in [0.25, 0.3) is 0 Å². The lowest BCUT2D eigenvalue weighted by molar-refractivity contribution is 0.0208. The molecule has 1 saturated heterocycles. The van der Waals surface area contributed by atoms with Crippen molar-refractivity contribution >= 4 is 14.4 Å². The van der Waals surface area contributed by atoms with Crippen molar-refractivity contribution in [1.29, 1.82) is 5.26 Å². The van der Waals surface area contributed by atoms with Crippen molar-refractivity contribution in [2.75, 3.05) is 6.54 Å². The highest BCUT2D eigenvalue weighted by Gasteiger charge is 2.45. The number of amides is 1. The first-order chi connectivity index (χ1) is 13.1. The van der Waals surface area contributed by atoms with Gasteiger partial charge >= 0.3 is 6.09 Å². The van der Waals surface area contributed by atoms with Crippen molar-refractivity contribution in [1.82, 2.24) is 4.90 Å². The van der Waals surface area contributed by atoms with E-state index in [1.165, 1.54) is 12.1 Å². The van der Waals surface area contributed by atoms with Crippen LogP contribution in [0.4, 0.5) is 9.18 Å². The first kappa shape index (κ1) is 23.4. The van der Waals surface area contributed by atoms with Crippen LogP contribution in [0.2, 0.25) is 18.1 Å². The number of carbonyl (C=O) groups is 1. The maximum Gasteiger partial charge on any atom is 0.410 e. The van der Waals surface area contributed by atoms with Crippen LogP contribution in [0.15, 0.2) is 18.2 Å². The van der Waals surface area contributed by atoms with Gasteiger partial charge in [0.15, 0.2) is 8.32 Å². The molecule has 2 unspecified atom stereocenters. The maximum absolute atomic E-state index is 14.1. The van der Waals surface area contributed by atoms with Crippen molar-refractivity contribution in [2.45, 2.75) is 83.8 Å². The van der Waals surface area contributed by atoms with Crippen LogP contribution in [0.3, 0.4) is 0 Å².